The van der Waals surface area contributed by atoms with Crippen molar-refractivity contribution in [2.75, 3.05) is 17.7 Å². The second-order valence-electron chi connectivity index (χ2n) is 5.99. The lowest BCUT2D eigenvalue weighted by Gasteiger charge is -2.11. The van der Waals surface area contributed by atoms with Crippen LogP contribution in [0.25, 0.3) is 0 Å². The lowest BCUT2D eigenvalue weighted by atomic mass is 10.1. The van der Waals surface area contributed by atoms with E-state index in [1.54, 1.807) is 42.5 Å². The number of carbonyl (C=O) groups excluding carboxylic acids is 1. The van der Waals surface area contributed by atoms with Gasteiger partial charge in [0.05, 0.1) is 12.3 Å². The van der Waals surface area contributed by atoms with Gasteiger partial charge in [-0.3, -0.25) is 4.79 Å². The van der Waals surface area contributed by atoms with E-state index in [1.165, 1.54) is 0 Å². The second kappa shape index (κ2) is 8.76. The fourth-order valence-corrected chi connectivity index (χ4v) is 2.47. The third kappa shape index (κ3) is 5.01. The molecule has 0 aliphatic carbocycles. The molecule has 0 spiro atoms. The number of ether oxygens (including phenoxy) is 2. The van der Waals surface area contributed by atoms with E-state index >= 15 is 0 Å². The third-order valence-corrected chi connectivity index (χ3v) is 3.82. The van der Waals surface area contributed by atoms with Gasteiger partial charge in [0.25, 0.3) is 5.91 Å². The molecule has 0 aromatic heterocycles. The molecule has 1 amide bonds. The first-order valence-electron chi connectivity index (χ1n) is 8.82. The molecule has 3 aromatic rings. The maximum Gasteiger partial charge on any atom is 0.255 e. The molecule has 0 aliphatic heterocycles. The summed E-state index contributed by atoms with van der Waals surface area (Å²) in [5.74, 6) is 1.81. The molecule has 3 aromatic carbocycles. The van der Waals surface area contributed by atoms with E-state index in [2.05, 4.69) is 5.32 Å². The fourth-order valence-electron chi connectivity index (χ4n) is 2.47. The number of para-hydroxylation sites is 1. The molecule has 138 valence electrons. The largest absolute Gasteiger partial charge is 0.491 e. The molecular formula is C22H22N2O3. The highest BCUT2D eigenvalue weighted by Gasteiger charge is 2.09. The number of carbonyl (C=O) groups is 1. The normalized spacial score (nSPS) is 10.3. The first kappa shape index (κ1) is 18.3. The van der Waals surface area contributed by atoms with E-state index in [-0.39, 0.29) is 5.91 Å². The van der Waals surface area contributed by atoms with Gasteiger partial charge in [-0.05, 0) is 61.0 Å². The van der Waals surface area contributed by atoms with Gasteiger partial charge in [-0.15, -0.1) is 0 Å². The number of hydrogen-bond acceptors (Lipinski definition) is 4. The zero-order chi connectivity index (χ0) is 19.1. The summed E-state index contributed by atoms with van der Waals surface area (Å²) in [7, 11) is 0. The second-order valence-corrected chi connectivity index (χ2v) is 5.99. The molecular weight excluding hydrogens is 340 g/mol. The molecule has 0 radical (unpaired) electrons. The van der Waals surface area contributed by atoms with Crippen molar-refractivity contribution >= 4 is 17.3 Å². The van der Waals surface area contributed by atoms with Crippen LogP contribution in [0.1, 0.15) is 23.7 Å². The predicted molar refractivity (Wildman–Crippen MR) is 108 cm³/mol. The van der Waals surface area contributed by atoms with Crippen molar-refractivity contribution in [2.45, 2.75) is 13.3 Å². The Morgan fingerprint density at radius 3 is 2.33 bits per heavy atom. The Kier molecular flexibility index (Phi) is 5.94. The molecule has 0 bridgehead atoms. The number of amides is 1. The van der Waals surface area contributed by atoms with Crippen LogP contribution in [0.15, 0.2) is 72.8 Å². The number of rotatable bonds is 7. The van der Waals surface area contributed by atoms with Gasteiger partial charge in [0.1, 0.15) is 17.2 Å². The zero-order valence-electron chi connectivity index (χ0n) is 15.1. The van der Waals surface area contributed by atoms with Crippen molar-refractivity contribution in [3.05, 3.63) is 78.4 Å². The Hall–Kier alpha value is -3.47. The minimum atomic E-state index is -0.236. The van der Waals surface area contributed by atoms with Gasteiger partial charge in [-0.1, -0.05) is 25.1 Å². The van der Waals surface area contributed by atoms with E-state index in [0.29, 0.717) is 35.0 Å². The Bertz CT molecular complexity index is 893. The molecule has 0 atom stereocenters. The van der Waals surface area contributed by atoms with Crippen molar-refractivity contribution in [2.24, 2.45) is 0 Å². The summed E-state index contributed by atoms with van der Waals surface area (Å²) in [6.07, 6.45) is 0.895. The fraction of sp³-hybridized carbons (Fsp3) is 0.136. The van der Waals surface area contributed by atoms with Gasteiger partial charge < -0.3 is 20.5 Å². The topological polar surface area (TPSA) is 73.6 Å². The number of nitrogen functional groups attached to an aromatic ring is 1. The highest BCUT2D eigenvalue weighted by atomic mass is 16.5. The molecule has 0 aliphatic rings. The molecule has 27 heavy (non-hydrogen) atoms. The van der Waals surface area contributed by atoms with E-state index in [1.807, 2.05) is 37.3 Å². The quantitative estimate of drug-likeness (QED) is 0.573. The van der Waals surface area contributed by atoms with Gasteiger partial charge >= 0.3 is 0 Å². The smallest absolute Gasteiger partial charge is 0.255 e. The number of nitrogens with one attached hydrogen (secondary N) is 1. The number of nitrogens with two attached hydrogens (primary N) is 1. The van der Waals surface area contributed by atoms with Crippen LogP contribution < -0.4 is 20.5 Å². The molecule has 0 fully saturated rings. The van der Waals surface area contributed by atoms with Crippen molar-refractivity contribution < 1.29 is 14.3 Å². The first-order chi connectivity index (χ1) is 13.2. The summed E-state index contributed by atoms with van der Waals surface area (Å²) in [4.78, 5) is 12.4. The van der Waals surface area contributed by atoms with Crippen LogP contribution in [-0.4, -0.2) is 12.5 Å². The monoisotopic (exact) mass is 362 g/mol. The van der Waals surface area contributed by atoms with Gasteiger partial charge in [-0.2, -0.15) is 0 Å². The van der Waals surface area contributed by atoms with Crippen molar-refractivity contribution in [3.8, 4) is 17.2 Å². The summed E-state index contributed by atoms with van der Waals surface area (Å²) in [5.41, 5.74) is 7.56. The zero-order valence-corrected chi connectivity index (χ0v) is 15.1. The van der Waals surface area contributed by atoms with Crippen LogP contribution in [0.3, 0.4) is 0 Å². The molecule has 0 unspecified atom stereocenters. The van der Waals surface area contributed by atoms with Crippen LogP contribution in [0.5, 0.6) is 17.2 Å². The predicted octanol–water partition coefficient (Wildman–Crippen LogP) is 5.10. The average Bonchev–Trinajstić information content (AvgIpc) is 2.69. The molecule has 0 heterocycles. The van der Waals surface area contributed by atoms with Crippen LogP contribution >= 0.6 is 0 Å². The van der Waals surface area contributed by atoms with Gasteiger partial charge in [0.15, 0.2) is 0 Å². The molecule has 3 N–H and O–H groups in total. The first-order valence-corrected chi connectivity index (χ1v) is 8.82. The molecule has 3 rings (SSSR count). The molecule has 0 saturated carbocycles. The SMILES string of the molecule is CCCOc1ccc(C(=O)Nc2ccc(Oc3ccccc3)cc2)cc1N. The standard InChI is InChI=1S/C22H22N2O3/c1-2-14-26-21-13-8-16(15-20(21)23)22(25)24-17-9-11-19(12-10-17)27-18-6-4-3-5-7-18/h3-13,15H,2,14,23H2,1H3,(H,24,25). The average molecular weight is 362 g/mol. The summed E-state index contributed by atoms with van der Waals surface area (Å²) >= 11 is 0. The Morgan fingerprint density at radius 1 is 0.963 bits per heavy atom. The van der Waals surface area contributed by atoms with Gasteiger partial charge in [-0.25, -0.2) is 0 Å². The van der Waals surface area contributed by atoms with Gasteiger partial charge in [0, 0.05) is 11.3 Å². The summed E-state index contributed by atoms with van der Waals surface area (Å²) in [6.45, 7) is 2.61. The van der Waals surface area contributed by atoms with Crippen LogP contribution in [0, 0.1) is 0 Å². The molecule has 0 saturated heterocycles. The van der Waals surface area contributed by atoms with Crippen molar-refractivity contribution in [1.29, 1.82) is 0 Å². The Morgan fingerprint density at radius 2 is 1.67 bits per heavy atom. The lowest BCUT2D eigenvalue weighted by Crippen LogP contribution is -2.12. The summed E-state index contributed by atoms with van der Waals surface area (Å²) in [6, 6.07) is 21.7. The minimum absolute atomic E-state index is 0.236. The maximum absolute atomic E-state index is 12.4. The van der Waals surface area contributed by atoms with Crippen LogP contribution in [0.2, 0.25) is 0 Å². The van der Waals surface area contributed by atoms with E-state index in [9.17, 15) is 4.79 Å². The Labute approximate surface area is 158 Å². The lowest BCUT2D eigenvalue weighted by molar-refractivity contribution is 0.102. The highest BCUT2D eigenvalue weighted by Crippen LogP contribution is 2.25. The summed E-state index contributed by atoms with van der Waals surface area (Å²) < 4.78 is 11.3. The number of anilines is 2. The third-order valence-electron chi connectivity index (χ3n) is 3.82. The van der Waals surface area contributed by atoms with E-state index in [0.717, 1.165) is 12.2 Å². The van der Waals surface area contributed by atoms with Crippen LogP contribution in [-0.2, 0) is 0 Å². The number of hydrogen-bond donors (Lipinski definition) is 2. The highest BCUT2D eigenvalue weighted by molar-refractivity contribution is 6.05. The van der Waals surface area contributed by atoms with E-state index in [4.69, 9.17) is 15.2 Å². The molecule has 5 heteroatoms. The Balaban J connectivity index is 1.63. The molecule has 5 nitrogen and oxygen atoms in total. The number of benzene rings is 3. The minimum Gasteiger partial charge on any atom is -0.491 e. The summed E-state index contributed by atoms with van der Waals surface area (Å²) in [5, 5.41) is 2.85. The van der Waals surface area contributed by atoms with Crippen molar-refractivity contribution in [3.63, 3.8) is 0 Å². The maximum atomic E-state index is 12.4. The van der Waals surface area contributed by atoms with Gasteiger partial charge in [0.2, 0.25) is 0 Å². The van der Waals surface area contributed by atoms with Crippen LogP contribution in [0.4, 0.5) is 11.4 Å². The van der Waals surface area contributed by atoms with Crippen molar-refractivity contribution in [1.82, 2.24) is 0 Å². The van der Waals surface area contributed by atoms with E-state index < -0.39 is 0 Å².